The standard InChI is InChI=1S/C17H19NO5S2/c1-23-13-9-11(6-7-12(13)19)10-14-16(22)18(17(24)25-14)8-4-2-3-5-15(20)21/h6-7,9-10,19H,2-5,8H2,1H3,(H,20,21). The summed E-state index contributed by atoms with van der Waals surface area (Å²) >= 11 is 6.50. The Kier molecular flexibility index (Phi) is 6.83. The first-order valence-corrected chi connectivity index (χ1v) is 8.99. The molecule has 0 saturated carbocycles. The zero-order valence-corrected chi connectivity index (χ0v) is 15.4. The van der Waals surface area contributed by atoms with Gasteiger partial charge in [-0.3, -0.25) is 14.5 Å². The van der Waals surface area contributed by atoms with Crippen molar-refractivity contribution in [1.82, 2.24) is 4.90 Å². The fourth-order valence-electron chi connectivity index (χ4n) is 2.35. The highest BCUT2D eigenvalue weighted by molar-refractivity contribution is 8.26. The number of amides is 1. The molecule has 0 bridgehead atoms. The van der Waals surface area contributed by atoms with E-state index < -0.39 is 5.97 Å². The summed E-state index contributed by atoms with van der Waals surface area (Å²) in [5.41, 5.74) is 0.733. The third kappa shape index (κ3) is 5.20. The molecule has 1 aromatic rings. The van der Waals surface area contributed by atoms with E-state index in [-0.39, 0.29) is 18.1 Å². The molecule has 0 aliphatic carbocycles. The number of nitrogens with zero attached hydrogens (tertiary/aromatic N) is 1. The maximum Gasteiger partial charge on any atom is 0.303 e. The number of methoxy groups -OCH3 is 1. The predicted molar refractivity (Wildman–Crippen MR) is 101 cm³/mol. The molecule has 0 spiro atoms. The molecule has 8 heteroatoms. The van der Waals surface area contributed by atoms with Gasteiger partial charge in [-0.05, 0) is 36.6 Å². The van der Waals surface area contributed by atoms with Gasteiger partial charge >= 0.3 is 5.97 Å². The van der Waals surface area contributed by atoms with E-state index in [4.69, 9.17) is 22.1 Å². The van der Waals surface area contributed by atoms with E-state index in [1.54, 1.807) is 23.1 Å². The predicted octanol–water partition coefficient (Wildman–Crippen LogP) is 3.25. The van der Waals surface area contributed by atoms with Crippen molar-refractivity contribution in [3.05, 3.63) is 28.7 Å². The van der Waals surface area contributed by atoms with E-state index in [2.05, 4.69) is 0 Å². The highest BCUT2D eigenvalue weighted by Gasteiger charge is 2.31. The monoisotopic (exact) mass is 381 g/mol. The molecule has 1 aliphatic rings. The number of rotatable bonds is 8. The fourth-order valence-corrected chi connectivity index (χ4v) is 3.66. The third-order valence-corrected chi connectivity index (χ3v) is 5.03. The zero-order valence-electron chi connectivity index (χ0n) is 13.7. The van der Waals surface area contributed by atoms with Crippen LogP contribution in [0.2, 0.25) is 0 Å². The maximum absolute atomic E-state index is 12.5. The van der Waals surface area contributed by atoms with Crippen molar-refractivity contribution >= 4 is 46.3 Å². The van der Waals surface area contributed by atoms with Crippen LogP contribution in [0.4, 0.5) is 0 Å². The van der Waals surface area contributed by atoms with Gasteiger partial charge in [0.15, 0.2) is 11.5 Å². The minimum atomic E-state index is -0.808. The Morgan fingerprint density at radius 2 is 2.12 bits per heavy atom. The number of carboxylic acid groups (broad SMARTS) is 1. The summed E-state index contributed by atoms with van der Waals surface area (Å²) in [6.07, 6.45) is 3.89. The van der Waals surface area contributed by atoms with Gasteiger partial charge in [0, 0.05) is 13.0 Å². The Morgan fingerprint density at radius 3 is 2.80 bits per heavy atom. The second kappa shape index (κ2) is 8.87. The number of unbranched alkanes of at least 4 members (excludes halogenated alkanes) is 2. The van der Waals surface area contributed by atoms with Crippen LogP contribution in [0.1, 0.15) is 31.2 Å². The van der Waals surface area contributed by atoms with Gasteiger partial charge < -0.3 is 14.9 Å². The van der Waals surface area contributed by atoms with Gasteiger partial charge in [0.2, 0.25) is 0 Å². The summed E-state index contributed by atoms with van der Waals surface area (Å²) in [5.74, 6) is -0.589. The first-order chi connectivity index (χ1) is 11.9. The number of phenols is 1. The summed E-state index contributed by atoms with van der Waals surface area (Å²) in [7, 11) is 1.46. The Bertz CT molecular complexity index is 717. The lowest BCUT2D eigenvalue weighted by molar-refractivity contribution is -0.137. The minimum Gasteiger partial charge on any atom is -0.504 e. The molecular weight excluding hydrogens is 362 g/mol. The smallest absolute Gasteiger partial charge is 0.303 e. The minimum absolute atomic E-state index is 0.0357. The molecular formula is C17H19NO5S2. The molecule has 1 heterocycles. The average Bonchev–Trinajstić information content (AvgIpc) is 2.83. The molecule has 134 valence electrons. The molecule has 25 heavy (non-hydrogen) atoms. The molecule has 1 saturated heterocycles. The Labute approximate surface area is 155 Å². The first-order valence-electron chi connectivity index (χ1n) is 7.76. The number of thiocarbonyl (C=S) groups is 1. The van der Waals surface area contributed by atoms with Gasteiger partial charge in [0.25, 0.3) is 5.91 Å². The Balaban J connectivity index is 1.99. The van der Waals surface area contributed by atoms with Gasteiger partial charge in [-0.1, -0.05) is 36.5 Å². The zero-order chi connectivity index (χ0) is 18.4. The van der Waals surface area contributed by atoms with E-state index in [0.717, 1.165) is 12.0 Å². The topological polar surface area (TPSA) is 87.1 Å². The van der Waals surface area contributed by atoms with Crippen LogP contribution in [0, 0.1) is 0 Å². The molecule has 1 aliphatic heterocycles. The number of thioether (sulfide) groups is 1. The van der Waals surface area contributed by atoms with Crippen molar-refractivity contribution in [2.45, 2.75) is 25.7 Å². The largest absolute Gasteiger partial charge is 0.504 e. The van der Waals surface area contributed by atoms with Crippen molar-refractivity contribution in [2.24, 2.45) is 0 Å². The molecule has 1 amide bonds. The highest BCUT2D eigenvalue weighted by atomic mass is 32.2. The van der Waals surface area contributed by atoms with E-state index in [9.17, 15) is 14.7 Å². The van der Waals surface area contributed by atoms with Crippen molar-refractivity contribution in [3.63, 3.8) is 0 Å². The number of carbonyl (C=O) groups excluding carboxylic acids is 1. The molecule has 0 radical (unpaired) electrons. The van der Waals surface area contributed by atoms with Crippen LogP contribution in [0.3, 0.4) is 0 Å². The number of hydrogen-bond donors (Lipinski definition) is 2. The van der Waals surface area contributed by atoms with Gasteiger partial charge in [0.05, 0.1) is 12.0 Å². The lowest BCUT2D eigenvalue weighted by atomic mass is 10.1. The van der Waals surface area contributed by atoms with Crippen LogP contribution in [-0.2, 0) is 9.59 Å². The SMILES string of the molecule is COc1cc(C=C2SC(=S)N(CCCCCC(=O)O)C2=O)ccc1O. The Hall–Kier alpha value is -2.06. The second-order valence-corrected chi connectivity index (χ2v) is 7.14. The lowest BCUT2D eigenvalue weighted by Crippen LogP contribution is -2.29. The molecule has 1 aromatic carbocycles. The average molecular weight is 381 g/mol. The summed E-state index contributed by atoms with van der Waals surface area (Å²) in [6.45, 7) is 0.487. The second-order valence-electron chi connectivity index (χ2n) is 5.47. The third-order valence-electron chi connectivity index (χ3n) is 3.65. The molecule has 1 fully saturated rings. The number of carboxylic acids is 1. The lowest BCUT2D eigenvalue weighted by Gasteiger charge is -2.13. The van der Waals surface area contributed by atoms with E-state index in [1.165, 1.54) is 24.9 Å². The summed E-state index contributed by atoms with van der Waals surface area (Å²) in [6, 6.07) is 4.85. The molecule has 6 nitrogen and oxygen atoms in total. The van der Waals surface area contributed by atoms with Gasteiger partial charge in [0.1, 0.15) is 4.32 Å². The number of carbonyl (C=O) groups is 2. The molecule has 2 rings (SSSR count). The Morgan fingerprint density at radius 1 is 1.36 bits per heavy atom. The van der Waals surface area contributed by atoms with Gasteiger partial charge in [-0.2, -0.15) is 0 Å². The number of ether oxygens (including phenoxy) is 1. The van der Waals surface area contributed by atoms with Crippen LogP contribution in [0.5, 0.6) is 11.5 Å². The van der Waals surface area contributed by atoms with Crippen molar-refractivity contribution in [2.75, 3.05) is 13.7 Å². The summed E-state index contributed by atoms with van der Waals surface area (Å²) in [4.78, 5) is 25.0. The van der Waals surface area contributed by atoms with Crippen LogP contribution < -0.4 is 4.74 Å². The van der Waals surface area contributed by atoms with E-state index >= 15 is 0 Å². The van der Waals surface area contributed by atoms with Crippen molar-refractivity contribution in [1.29, 1.82) is 0 Å². The number of aliphatic carboxylic acids is 1. The number of phenolic OH excluding ortho intramolecular Hbond substituents is 1. The van der Waals surface area contributed by atoms with Crippen LogP contribution in [0.15, 0.2) is 23.1 Å². The van der Waals surface area contributed by atoms with Crippen LogP contribution in [0.25, 0.3) is 6.08 Å². The number of aromatic hydroxyl groups is 1. The van der Waals surface area contributed by atoms with Crippen molar-refractivity contribution in [3.8, 4) is 11.5 Å². The quantitative estimate of drug-likeness (QED) is 0.406. The maximum atomic E-state index is 12.5. The van der Waals surface area contributed by atoms with E-state index in [1.807, 2.05) is 0 Å². The molecule has 2 N–H and O–H groups in total. The fraction of sp³-hybridized carbons (Fsp3) is 0.353. The number of hydrogen-bond acceptors (Lipinski definition) is 6. The van der Waals surface area contributed by atoms with E-state index in [0.29, 0.717) is 34.4 Å². The van der Waals surface area contributed by atoms with Crippen molar-refractivity contribution < 1.29 is 24.5 Å². The first kappa shape index (κ1) is 19.3. The molecule has 0 aromatic heterocycles. The summed E-state index contributed by atoms with van der Waals surface area (Å²) < 4.78 is 5.56. The highest BCUT2D eigenvalue weighted by Crippen LogP contribution is 2.34. The van der Waals surface area contributed by atoms with Gasteiger partial charge in [-0.15, -0.1) is 0 Å². The van der Waals surface area contributed by atoms with Gasteiger partial charge in [-0.25, -0.2) is 0 Å². The molecule has 0 unspecified atom stereocenters. The summed E-state index contributed by atoms with van der Waals surface area (Å²) in [5, 5.41) is 18.2. The van der Waals surface area contributed by atoms with Crippen LogP contribution >= 0.6 is 24.0 Å². The number of benzene rings is 1. The molecule has 0 atom stereocenters. The normalized spacial score (nSPS) is 15.9. The van der Waals surface area contributed by atoms with Crippen LogP contribution in [-0.4, -0.2) is 45.0 Å².